The van der Waals surface area contributed by atoms with Gasteiger partial charge < -0.3 is 29.8 Å². The van der Waals surface area contributed by atoms with Crippen molar-refractivity contribution in [2.24, 2.45) is 0 Å². The zero-order chi connectivity index (χ0) is 25.0. The number of imidazole rings is 1. The van der Waals surface area contributed by atoms with Crippen molar-refractivity contribution in [2.75, 3.05) is 25.0 Å². The van der Waals surface area contributed by atoms with Crippen molar-refractivity contribution in [2.45, 2.75) is 23.1 Å². The number of benzene rings is 1. The molecule has 1 unspecified atom stereocenters. The normalized spacial score (nSPS) is 16.7. The van der Waals surface area contributed by atoms with Gasteiger partial charge in [-0.05, 0) is 36.9 Å². The van der Waals surface area contributed by atoms with Crippen LogP contribution in [0.4, 0.5) is 14.5 Å². The van der Waals surface area contributed by atoms with Gasteiger partial charge in [0, 0.05) is 35.6 Å². The number of fused-ring (bicyclic) bond motifs is 2. The van der Waals surface area contributed by atoms with Crippen LogP contribution in [0.25, 0.3) is 11.0 Å². The minimum Gasteiger partial charge on any atom is -0.461 e. The Morgan fingerprint density at radius 3 is 2.92 bits per heavy atom. The summed E-state index contributed by atoms with van der Waals surface area (Å²) in [6.07, 6.45) is 1.67. The topological polar surface area (TPSA) is 125 Å². The summed E-state index contributed by atoms with van der Waals surface area (Å²) in [5.41, 5.74) is 2.96. The largest absolute Gasteiger partial charge is 0.461 e. The lowest BCUT2D eigenvalue weighted by molar-refractivity contribution is -0.115. The maximum Gasteiger partial charge on any atom is 0.356 e. The van der Waals surface area contributed by atoms with Gasteiger partial charge in [0.05, 0.1) is 30.3 Å². The van der Waals surface area contributed by atoms with Crippen LogP contribution >= 0.6 is 24.2 Å². The molecular weight excluding hydrogens is 528 g/mol. The Bertz CT molecular complexity index is 1580. The number of aromatic nitrogens is 3. The molecule has 0 radical (unpaired) electrons. The van der Waals surface area contributed by atoms with Gasteiger partial charge in [-0.2, -0.15) is 0 Å². The molecule has 13 heteroatoms. The quantitative estimate of drug-likeness (QED) is 0.269. The Kier molecular flexibility index (Phi) is 6.56. The minimum absolute atomic E-state index is 0. The van der Waals surface area contributed by atoms with Crippen LogP contribution in [0.2, 0.25) is 0 Å². The highest BCUT2D eigenvalue weighted by Gasteiger charge is 2.39. The summed E-state index contributed by atoms with van der Waals surface area (Å²) in [5, 5.41) is 7.05. The van der Waals surface area contributed by atoms with Crippen molar-refractivity contribution in [1.82, 2.24) is 20.3 Å². The minimum atomic E-state index is -0.760. The van der Waals surface area contributed by atoms with Crippen molar-refractivity contribution in [3.8, 4) is 0 Å². The van der Waals surface area contributed by atoms with E-state index in [-0.39, 0.29) is 48.1 Å². The van der Waals surface area contributed by atoms with Gasteiger partial charge in [0.15, 0.2) is 21.8 Å². The predicted molar refractivity (Wildman–Crippen MR) is 133 cm³/mol. The summed E-state index contributed by atoms with van der Waals surface area (Å²) in [7, 11) is 0. The van der Waals surface area contributed by atoms with Gasteiger partial charge in [0.1, 0.15) is 22.8 Å². The second-order valence-electron chi connectivity index (χ2n) is 8.28. The third-order valence-corrected chi connectivity index (χ3v) is 6.85. The number of anilines is 1. The van der Waals surface area contributed by atoms with Gasteiger partial charge in [-0.25, -0.2) is 18.6 Å². The van der Waals surface area contributed by atoms with E-state index in [2.05, 4.69) is 25.6 Å². The standard InChI is InChI=1S/C24H19F2N5O4S.ClH/c1-2-34-23(33)22-20-11(7-28-22)18(19-14(29-20)8-27-9-15(19)32)16-3-4-17(35-16)36-24-30-13-6-10(25)5-12(26)21(13)31-24;/h3-7,18,27-29H,2,8-9H2,1H3,(H,30,31);1H. The highest BCUT2D eigenvalue weighted by Crippen LogP contribution is 2.45. The fraction of sp³-hybridized carbons (Fsp3) is 0.208. The number of hydrogen-bond acceptors (Lipinski definition) is 8. The molecule has 2 aliphatic heterocycles. The zero-order valence-electron chi connectivity index (χ0n) is 19.2. The van der Waals surface area contributed by atoms with Crippen molar-refractivity contribution >= 4 is 52.6 Å². The van der Waals surface area contributed by atoms with E-state index in [4.69, 9.17) is 9.15 Å². The monoisotopic (exact) mass is 547 g/mol. The highest BCUT2D eigenvalue weighted by molar-refractivity contribution is 7.99. The summed E-state index contributed by atoms with van der Waals surface area (Å²) in [6.45, 7) is 2.56. The van der Waals surface area contributed by atoms with Crippen molar-refractivity contribution in [3.63, 3.8) is 0 Å². The van der Waals surface area contributed by atoms with E-state index in [1.165, 1.54) is 6.07 Å². The number of ether oxygens (including phenoxy) is 1. The van der Waals surface area contributed by atoms with E-state index < -0.39 is 23.5 Å². The SMILES string of the molecule is CCOC(=O)c1[nH]cc2c1NC1=C(C(=O)CNC1)C2c1ccc(Sc2nc3c(F)cc(F)cc3[nH]2)o1.Cl. The number of ketones is 1. The van der Waals surface area contributed by atoms with E-state index in [0.717, 1.165) is 17.8 Å². The first-order valence-electron chi connectivity index (χ1n) is 11.2. The number of Topliss-reactive ketones (excluding diaryl/α,β-unsaturated/α-hetero) is 1. The molecule has 4 N–H and O–H groups in total. The number of esters is 1. The molecule has 3 aromatic heterocycles. The third-order valence-electron chi connectivity index (χ3n) is 6.05. The molecule has 0 aliphatic carbocycles. The van der Waals surface area contributed by atoms with Crippen molar-refractivity contribution < 1.29 is 27.5 Å². The number of nitrogens with one attached hydrogen (secondary N) is 4. The van der Waals surface area contributed by atoms with Crippen molar-refractivity contribution in [3.05, 3.63) is 70.4 Å². The Hall–Kier alpha value is -3.61. The number of carbonyl (C=O) groups excluding carboxylic acids is 2. The molecule has 9 nitrogen and oxygen atoms in total. The number of carbonyl (C=O) groups is 2. The van der Waals surface area contributed by atoms with Gasteiger partial charge in [-0.15, -0.1) is 12.4 Å². The Morgan fingerprint density at radius 1 is 1.27 bits per heavy atom. The molecule has 37 heavy (non-hydrogen) atoms. The maximum absolute atomic E-state index is 14.0. The van der Waals surface area contributed by atoms with Crippen LogP contribution in [-0.2, 0) is 9.53 Å². The lowest BCUT2D eigenvalue weighted by Gasteiger charge is -2.31. The van der Waals surface area contributed by atoms with Gasteiger partial charge >= 0.3 is 5.97 Å². The molecular formula is C24H20ClF2N5O4S. The maximum atomic E-state index is 14.0. The van der Waals surface area contributed by atoms with E-state index in [1.54, 1.807) is 25.3 Å². The number of halogens is 3. The van der Waals surface area contributed by atoms with Gasteiger partial charge in [0.25, 0.3) is 0 Å². The Balaban J connectivity index is 0.00000280. The molecule has 2 aliphatic rings. The summed E-state index contributed by atoms with van der Waals surface area (Å²) in [5.74, 6) is -2.12. The molecule has 1 aromatic carbocycles. The number of furan rings is 1. The molecule has 0 spiro atoms. The average Bonchev–Trinajstić information content (AvgIpc) is 3.56. The predicted octanol–water partition coefficient (Wildman–Crippen LogP) is 4.50. The summed E-state index contributed by atoms with van der Waals surface area (Å²) < 4.78 is 38.9. The molecule has 0 amide bonds. The number of nitrogens with zero attached hydrogens (tertiary/aromatic N) is 1. The molecule has 0 saturated carbocycles. The first kappa shape index (κ1) is 25.1. The summed E-state index contributed by atoms with van der Waals surface area (Å²) in [4.78, 5) is 35.5. The molecule has 5 heterocycles. The average molecular weight is 548 g/mol. The fourth-order valence-electron chi connectivity index (χ4n) is 4.58. The Labute approximate surface area is 218 Å². The van der Waals surface area contributed by atoms with Crippen LogP contribution in [0.3, 0.4) is 0 Å². The first-order chi connectivity index (χ1) is 17.4. The fourth-order valence-corrected chi connectivity index (χ4v) is 5.34. The van der Waals surface area contributed by atoms with Crippen LogP contribution in [0, 0.1) is 11.6 Å². The lowest BCUT2D eigenvalue weighted by Crippen LogP contribution is -2.39. The van der Waals surface area contributed by atoms with Crippen LogP contribution < -0.4 is 10.6 Å². The van der Waals surface area contributed by atoms with Gasteiger partial charge in [-0.1, -0.05) is 0 Å². The molecule has 1 atom stereocenters. The third kappa shape index (κ3) is 4.30. The highest BCUT2D eigenvalue weighted by atomic mass is 35.5. The summed E-state index contributed by atoms with van der Waals surface area (Å²) >= 11 is 1.11. The number of H-pyrrole nitrogens is 2. The second-order valence-corrected chi connectivity index (χ2v) is 9.27. The van der Waals surface area contributed by atoms with Crippen LogP contribution in [0.5, 0.6) is 0 Å². The molecule has 4 aromatic rings. The summed E-state index contributed by atoms with van der Waals surface area (Å²) in [6, 6.07) is 5.42. The van der Waals surface area contributed by atoms with E-state index >= 15 is 0 Å². The lowest BCUT2D eigenvalue weighted by atomic mass is 9.82. The Morgan fingerprint density at radius 2 is 2.11 bits per heavy atom. The number of rotatable bonds is 5. The molecule has 0 saturated heterocycles. The van der Waals surface area contributed by atoms with Gasteiger partial charge in [-0.3, -0.25) is 4.79 Å². The molecule has 0 fully saturated rings. The number of aromatic amines is 2. The second kappa shape index (κ2) is 9.69. The smallest absolute Gasteiger partial charge is 0.356 e. The molecule has 6 rings (SSSR count). The number of hydrogen-bond donors (Lipinski definition) is 4. The van der Waals surface area contributed by atoms with Crippen molar-refractivity contribution in [1.29, 1.82) is 0 Å². The zero-order valence-corrected chi connectivity index (χ0v) is 20.9. The van der Waals surface area contributed by atoms with E-state index in [1.807, 2.05) is 0 Å². The van der Waals surface area contributed by atoms with Crippen LogP contribution in [0.1, 0.15) is 34.7 Å². The molecule has 192 valence electrons. The first-order valence-corrected chi connectivity index (χ1v) is 12.0. The van der Waals surface area contributed by atoms with Crippen LogP contribution in [0.15, 0.2) is 56.4 Å². The van der Waals surface area contributed by atoms with Gasteiger partial charge in [0.2, 0.25) is 0 Å². The van der Waals surface area contributed by atoms with E-state index in [0.29, 0.717) is 45.1 Å². The van der Waals surface area contributed by atoms with E-state index in [9.17, 15) is 18.4 Å². The molecule has 0 bridgehead atoms. The van der Waals surface area contributed by atoms with Crippen LogP contribution in [-0.4, -0.2) is 46.4 Å².